The largest absolute Gasteiger partial charge is 0.483 e. The second kappa shape index (κ2) is 4.05. The summed E-state index contributed by atoms with van der Waals surface area (Å²) in [5, 5.41) is 10.7. The van der Waals surface area contributed by atoms with Gasteiger partial charge in [-0.25, -0.2) is 4.39 Å². The van der Waals surface area contributed by atoms with Gasteiger partial charge in [-0.05, 0) is 18.9 Å². The van der Waals surface area contributed by atoms with Gasteiger partial charge in [-0.15, -0.1) is 0 Å². The normalized spacial score (nSPS) is 23.6. The Morgan fingerprint density at radius 2 is 2.19 bits per heavy atom. The number of nitro benzene ring substituents is 1. The quantitative estimate of drug-likeness (QED) is 0.627. The number of rotatable bonds is 3. The van der Waals surface area contributed by atoms with Crippen LogP contribution in [0.2, 0.25) is 0 Å². The maximum atomic E-state index is 12.9. The van der Waals surface area contributed by atoms with Crippen LogP contribution < -0.4 is 10.5 Å². The first-order valence-electron chi connectivity index (χ1n) is 4.92. The fourth-order valence-electron chi connectivity index (χ4n) is 1.62. The van der Waals surface area contributed by atoms with Gasteiger partial charge < -0.3 is 10.5 Å². The summed E-state index contributed by atoms with van der Waals surface area (Å²) in [4.78, 5) is 10.1. The summed E-state index contributed by atoms with van der Waals surface area (Å²) >= 11 is 0. The highest BCUT2D eigenvalue weighted by atomic mass is 19.1. The van der Waals surface area contributed by atoms with Crippen LogP contribution >= 0.6 is 0 Å². The lowest BCUT2D eigenvalue weighted by Crippen LogP contribution is -2.43. The van der Waals surface area contributed by atoms with Crippen molar-refractivity contribution in [2.45, 2.75) is 25.0 Å². The maximum Gasteiger partial charge on any atom is 0.311 e. The zero-order chi connectivity index (χ0) is 11.7. The molecule has 5 nitrogen and oxygen atoms in total. The predicted molar refractivity (Wildman–Crippen MR) is 54.7 cm³/mol. The Morgan fingerprint density at radius 1 is 1.50 bits per heavy atom. The number of hydrogen-bond donors (Lipinski definition) is 1. The van der Waals surface area contributed by atoms with Gasteiger partial charge >= 0.3 is 5.69 Å². The van der Waals surface area contributed by atoms with Crippen molar-refractivity contribution in [3.63, 3.8) is 0 Å². The smallest absolute Gasteiger partial charge is 0.311 e. The summed E-state index contributed by atoms with van der Waals surface area (Å²) in [7, 11) is 0. The van der Waals surface area contributed by atoms with E-state index < -0.39 is 10.7 Å². The van der Waals surface area contributed by atoms with E-state index in [1.54, 1.807) is 0 Å². The first-order chi connectivity index (χ1) is 7.56. The van der Waals surface area contributed by atoms with Crippen LogP contribution in [0.4, 0.5) is 10.1 Å². The molecular formula is C10H11FN2O3. The van der Waals surface area contributed by atoms with Crippen molar-refractivity contribution in [3.05, 3.63) is 34.1 Å². The predicted octanol–water partition coefficient (Wildman–Crippen LogP) is 1.60. The minimum absolute atomic E-state index is 0.0260. The van der Waals surface area contributed by atoms with E-state index in [1.807, 2.05) is 0 Å². The Balaban J connectivity index is 2.17. The molecule has 0 radical (unpaired) electrons. The van der Waals surface area contributed by atoms with E-state index in [9.17, 15) is 14.5 Å². The summed E-state index contributed by atoms with van der Waals surface area (Å²) in [6, 6.07) is 3.25. The molecule has 2 rings (SSSR count). The molecule has 16 heavy (non-hydrogen) atoms. The van der Waals surface area contributed by atoms with Gasteiger partial charge in [0.1, 0.15) is 11.9 Å². The van der Waals surface area contributed by atoms with Crippen molar-refractivity contribution >= 4 is 5.69 Å². The zero-order valence-electron chi connectivity index (χ0n) is 8.43. The lowest BCUT2D eigenvalue weighted by atomic mass is 9.90. The SMILES string of the molecule is NC1CC(Oc2cc(F)ccc2[N+](=O)[O-])C1. The molecule has 86 valence electrons. The van der Waals surface area contributed by atoms with Gasteiger partial charge in [-0.2, -0.15) is 0 Å². The molecule has 0 saturated heterocycles. The summed E-state index contributed by atoms with van der Waals surface area (Å²) in [6.45, 7) is 0. The molecule has 1 saturated carbocycles. The Kier molecular flexibility index (Phi) is 2.74. The van der Waals surface area contributed by atoms with E-state index in [0.717, 1.165) is 18.2 Å². The standard InChI is InChI=1S/C10H11FN2O3/c11-6-1-2-9(13(14)15)10(3-6)16-8-4-7(12)5-8/h1-3,7-8H,4-5,12H2. The minimum atomic E-state index is -0.590. The number of hydrogen-bond acceptors (Lipinski definition) is 4. The number of halogens is 1. The Bertz CT molecular complexity index is 419. The number of benzene rings is 1. The molecule has 1 aliphatic rings. The van der Waals surface area contributed by atoms with Gasteiger partial charge in [0.25, 0.3) is 0 Å². The lowest BCUT2D eigenvalue weighted by molar-refractivity contribution is -0.386. The van der Waals surface area contributed by atoms with Gasteiger partial charge in [-0.3, -0.25) is 10.1 Å². The summed E-state index contributed by atoms with van der Waals surface area (Å²) in [5.41, 5.74) is 5.34. The van der Waals surface area contributed by atoms with Crippen LogP contribution in [0.1, 0.15) is 12.8 Å². The molecule has 1 aliphatic carbocycles. The van der Waals surface area contributed by atoms with E-state index in [-0.39, 0.29) is 23.6 Å². The second-order valence-corrected chi connectivity index (χ2v) is 3.84. The molecule has 1 aromatic rings. The molecule has 0 spiro atoms. The highest BCUT2D eigenvalue weighted by Crippen LogP contribution is 2.32. The average molecular weight is 226 g/mol. The van der Waals surface area contributed by atoms with Crippen molar-refractivity contribution < 1.29 is 14.1 Å². The second-order valence-electron chi connectivity index (χ2n) is 3.84. The van der Waals surface area contributed by atoms with Gasteiger partial charge in [-0.1, -0.05) is 0 Å². The molecule has 6 heteroatoms. The van der Waals surface area contributed by atoms with Crippen LogP contribution in [-0.4, -0.2) is 17.1 Å². The Labute approximate surface area is 91.2 Å². The zero-order valence-corrected chi connectivity index (χ0v) is 8.43. The summed E-state index contributed by atoms with van der Waals surface area (Å²) in [5.74, 6) is -0.578. The minimum Gasteiger partial charge on any atom is -0.483 e. The summed E-state index contributed by atoms with van der Waals surface area (Å²) < 4.78 is 18.3. The molecule has 2 N–H and O–H groups in total. The maximum absolute atomic E-state index is 12.9. The van der Waals surface area contributed by atoms with Crippen molar-refractivity contribution in [2.24, 2.45) is 5.73 Å². The van der Waals surface area contributed by atoms with Crippen molar-refractivity contribution in [3.8, 4) is 5.75 Å². The highest BCUT2D eigenvalue weighted by Gasteiger charge is 2.29. The number of nitrogens with zero attached hydrogens (tertiary/aromatic N) is 1. The van der Waals surface area contributed by atoms with E-state index in [2.05, 4.69) is 0 Å². The highest BCUT2D eigenvalue weighted by molar-refractivity contribution is 5.46. The monoisotopic (exact) mass is 226 g/mol. The topological polar surface area (TPSA) is 78.4 Å². The fourth-order valence-corrected chi connectivity index (χ4v) is 1.62. The van der Waals surface area contributed by atoms with Crippen molar-refractivity contribution in [1.29, 1.82) is 0 Å². The first-order valence-corrected chi connectivity index (χ1v) is 4.92. The number of ether oxygens (including phenoxy) is 1. The van der Waals surface area contributed by atoms with E-state index in [4.69, 9.17) is 10.5 Å². The third kappa shape index (κ3) is 2.11. The Hall–Kier alpha value is -1.69. The van der Waals surface area contributed by atoms with E-state index >= 15 is 0 Å². The van der Waals surface area contributed by atoms with Gasteiger partial charge in [0.15, 0.2) is 5.75 Å². The Morgan fingerprint density at radius 3 is 2.75 bits per heavy atom. The summed E-state index contributed by atoms with van der Waals surface area (Å²) in [6.07, 6.45) is 1.15. The van der Waals surface area contributed by atoms with E-state index in [1.165, 1.54) is 0 Å². The van der Waals surface area contributed by atoms with Crippen LogP contribution in [-0.2, 0) is 0 Å². The van der Waals surface area contributed by atoms with Crippen molar-refractivity contribution in [1.82, 2.24) is 0 Å². The molecule has 1 aromatic carbocycles. The van der Waals surface area contributed by atoms with Crippen LogP contribution in [0.3, 0.4) is 0 Å². The van der Waals surface area contributed by atoms with Crippen LogP contribution in [0.25, 0.3) is 0 Å². The van der Waals surface area contributed by atoms with E-state index in [0.29, 0.717) is 12.8 Å². The molecular weight excluding hydrogens is 215 g/mol. The molecule has 0 unspecified atom stereocenters. The fraction of sp³-hybridized carbons (Fsp3) is 0.400. The molecule has 0 aromatic heterocycles. The van der Waals surface area contributed by atoms with Crippen molar-refractivity contribution in [2.75, 3.05) is 0 Å². The van der Waals surface area contributed by atoms with Crippen LogP contribution in [0, 0.1) is 15.9 Å². The molecule has 0 bridgehead atoms. The van der Waals surface area contributed by atoms with Gasteiger partial charge in [0.05, 0.1) is 4.92 Å². The first kappa shape index (κ1) is 10.8. The molecule has 0 heterocycles. The van der Waals surface area contributed by atoms with Gasteiger partial charge in [0, 0.05) is 18.2 Å². The number of nitro groups is 1. The molecule has 0 aliphatic heterocycles. The molecule has 1 fully saturated rings. The van der Waals surface area contributed by atoms with Crippen LogP contribution in [0.5, 0.6) is 5.75 Å². The van der Waals surface area contributed by atoms with Gasteiger partial charge in [0.2, 0.25) is 0 Å². The number of nitrogens with two attached hydrogens (primary N) is 1. The van der Waals surface area contributed by atoms with Crippen LogP contribution in [0.15, 0.2) is 18.2 Å². The molecule has 0 amide bonds. The third-order valence-corrected chi connectivity index (χ3v) is 2.54. The average Bonchev–Trinajstić information content (AvgIpc) is 2.15. The molecule has 0 atom stereocenters. The lowest BCUT2D eigenvalue weighted by Gasteiger charge is -2.32. The third-order valence-electron chi connectivity index (χ3n) is 2.54.